The van der Waals surface area contributed by atoms with Gasteiger partial charge in [-0.2, -0.15) is 0 Å². The predicted octanol–water partition coefficient (Wildman–Crippen LogP) is 1.07. The average Bonchev–Trinajstić information content (AvgIpc) is 2.61. The van der Waals surface area contributed by atoms with E-state index in [0.29, 0.717) is 18.0 Å². The quantitative estimate of drug-likeness (QED) is 0.562. The molecule has 7 nitrogen and oxygen atoms in total. The highest BCUT2D eigenvalue weighted by Gasteiger charge is 2.19. The fourth-order valence-corrected chi connectivity index (χ4v) is 3.84. The summed E-state index contributed by atoms with van der Waals surface area (Å²) in [7, 11) is -2.16. The van der Waals surface area contributed by atoms with E-state index in [-0.39, 0.29) is 36.4 Å². The van der Waals surface area contributed by atoms with Gasteiger partial charge in [-0.15, -0.1) is 12.4 Å². The first kappa shape index (κ1) is 22.9. The summed E-state index contributed by atoms with van der Waals surface area (Å²) in [6.45, 7) is 4.79. The van der Waals surface area contributed by atoms with E-state index in [0.717, 1.165) is 31.5 Å². The van der Waals surface area contributed by atoms with Gasteiger partial charge < -0.3 is 15.4 Å². The SMILES string of the molecule is COCCNS(=O)(=O)c1ccc(C)c(C(=O)NCC2CCCNC2)c1.Cl. The predicted molar refractivity (Wildman–Crippen MR) is 103 cm³/mol. The molecule has 1 amide bonds. The molecule has 0 aromatic heterocycles. The lowest BCUT2D eigenvalue weighted by atomic mass is 9.99. The third-order valence-corrected chi connectivity index (χ3v) is 5.77. The Morgan fingerprint density at radius 1 is 1.38 bits per heavy atom. The van der Waals surface area contributed by atoms with Crippen molar-refractivity contribution < 1.29 is 17.9 Å². The monoisotopic (exact) mass is 405 g/mol. The summed E-state index contributed by atoms with van der Waals surface area (Å²) >= 11 is 0. The van der Waals surface area contributed by atoms with E-state index in [1.54, 1.807) is 13.0 Å². The van der Waals surface area contributed by atoms with Crippen LogP contribution in [-0.2, 0) is 14.8 Å². The molecule has 0 radical (unpaired) electrons. The third kappa shape index (κ3) is 6.51. The molecule has 148 valence electrons. The zero-order chi connectivity index (χ0) is 18.3. The van der Waals surface area contributed by atoms with Gasteiger partial charge in [0.15, 0.2) is 0 Å². The molecule has 0 spiro atoms. The number of carbonyl (C=O) groups is 1. The molecule has 1 saturated heterocycles. The fourth-order valence-electron chi connectivity index (χ4n) is 2.80. The standard InChI is InChI=1S/C17H27N3O4S.ClH/c1-13-5-6-15(25(22,23)20-8-9-24-2)10-16(13)17(21)19-12-14-4-3-7-18-11-14;/h5-6,10,14,18,20H,3-4,7-9,11-12H2,1-2H3,(H,19,21);1H. The lowest BCUT2D eigenvalue weighted by molar-refractivity contribution is 0.0944. The molecule has 2 rings (SSSR count). The highest BCUT2D eigenvalue weighted by atomic mass is 35.5. The number of carbonyl (C=O) groups excluding carboxylic acids is 1. The molecule has 0 saturated carbocycles. The van der Waals surface area contributed by atoms with Gasteiger partial charge in [-0.3, -0.25) is 4.79 Å². The molecule has 1 aromatic carbocycles. The van der Waals surface area contributed by atoms with Crippen molar-refractivity contribution in [2.45, 2.75) is 24.7 Å². The van der Waals surface area contributed by atoms with Gasteiger partial charge in [0.05, 0.1) is 11.5 Å². The van der Waals surface area contributed by atoms with Crippen LogP contribution in [-0.4, -0.2) is 54.2 Å². The Labute approximate surface area is 161 Å². The minimum absolute atomic E-state index is 0. The summed E-state index contributed by atoms with van der Waals surface area (Å²) in [5, 5.41) is 6.24. The average molecular weight is 406 g/mol. The van der Waals surface area contributed by atoms with Gasteiger partial charge in [-0.1, -0.05) is 6.07 Å². The zero-order valence-corrected chi connectivity index (χ0v) is 16.8. The maximum absolute atomic E-state index is 12.5. The van der Waals surface area contributed by atoms with Crippen molar-refractivity contribution >= 4 is 28.3 Å². The maximum Gasteiger partial charge on any atom is 0.251 e. The van der Waals surface area contributed by atoms with Gasteiger partial charge in [0, 0.05) is 25.8 Å². The van der Waals surface area contributed by atoms with Crippen LogP contribution in [0, 0.1) is 12.8 Å². The minimum atomic E-state index is -3.66. The summed E-state index contributed by atoms with van der Waals surface area (Å²) < 4.78 is 31.9. The van der Waals surface area contributed by atoms with E-state index in [1.807, 2.05) is 0 Å². The number of aryl methyl sites for hydroxylation is 1. The third-order valence-electron chi connectivity index (χ3n) is 4.31. The van der Waals surface area contributed by atoms with Crippen molar-refractivity contribution in [1.82, 2.24) is 15.4 Å². The van der Waals surface area contributed by atoms with Crippen LogP contribution in [0.3, 0.4) is 0 Å². The number of methoxy groups -OCH3 is 1. The molecule has 1 unspecified atom stereocenters. The summed E-state index contributed by atoms with van der Waals surface area (Å²) in [6, 6.07) is 4.59. The van der Waals surface area contributed by atoms with Crippen molar-refractivity contribution in [3.8, 4) is 0 Å². The van der Waals surface area contributed by atoms with Crippen LogP contribution in [0.5, 0.6) is 0 Å². The van der Waals surface area contributed by atoms with Crippen LogP contribution < -0.4 is 15.4 Å². The van der Waals surface area contributed by atoms with E-state index >= 15 is 0 Å². The molecule has 0 bridgehead atoms. The summed E-state index contributed by atoms with van der Waals surface area (Å²) in [5.41, 5.74) is 1.13. The molecule has 9 heteroatoms. The maximum atomic E-state index is 12.5. The molecule has 3 N–H and O–H groups in total. The first-order valence-electron chi connectivity index (χ1n) is 8.52. The Morgan fingerprint density at radius 3 is 2.81 bits per heavy atom. The van der Waals surface area contributed by atoms with Gasteiger partial charge in [0.1, 0.15) is 0 Å². The number of hydrogen-bond donors (Lipinski definition) is 3. The van der Waals surface area contributed by atoms with Crippen molar-refractivity contribution in [1.29, 1.82) is 0 Å². The van der Waals surface area contributed by atoms with E-state index in [2.05, 4.69) is 15.4 Å². The van der Waals surface area contributed by atoms with E-state index in [1.165, 1.54) is 19.2 Å². The Balaban J connectivity index is 0.00000338. The summed E-state index contributed by atoms with van der Waals surface area (Å²) in [4.78, 5) is 12.6. The highest BCUT2D eigenvalue weighted by molar-refractivity contribution is 7.89. The number of sulfonamides is 1. The summed E-state index contributed by atoms with van der Waals surface area (Å²) in [5.74, 6) is 0.178. The lowest BCUT2D eigenvalue weighted by Crippen LogP contribution is -2.38. The molecular formula is C17H28ClN3O4S. The Morgan fingerprint density at radius 2 is 2.15 bits per heavy atom. The topological polar surface area (TPSA) is 96.5 Å². The van der Waals surface area contributed by atoms with Crippen LogP contribution in [0.25, 0.3) is 0 Å². The number of benzene rings is 1. The summed E-state index contributed by atoms with van der Waals surface area (Å²) in [6.07, 6.45) is 2.20. The van der Waals surface area contributed by atoms with Crippen molar-refractivity contribution in [3.63, 3.8) is 0 Å². The highest BCUT2D eigenvalue weighted by Crippen LogP contribution is 2.16. The van der Waals surface area contributed by atoms with Crippen molar-refractivity contribution in [3.05, 3.63) is 29.3 Å². The van der Waals surface area contributed by atoms with Crippen LogP contribution >= 0.6 is 12.4 Å². The van der Waals surface area contributed by atoms with Crippen LogP contribution in [0.15, 0.2) is 23.1 Å². The normalized spacial score (nSPS) is 17.4. The first-order chi connectivity index (χ1) is 11.9. The molecule has 1 aliphatic heterocycles. The second-order valence-corrected chi connectivity index (χ2v) is 8.06. The number of halogens is 1. The van der Waals surface area contributed by atoms with E-state index in [9.17, 15) is 13.2 Å². The number of piperidine rings is 1. The van der Waals surface area contributed by atoms with E-state index in [4.69, 9.17) is 4.74 Å². The first-order valence-corrected chi connectivity index (χ1v) is 10.0. The smallest absolute Gasteiger partial charge is 0.251 e. The second-order valence-electron chi connectivity index (χ2n) is 6.29. The van der Waals surface area contributed by atoms with Crippen LogP contribution in [0.1, 0.15) is 28.8 Å². The molecule has 1 fully saturated rings. The van der Waals surface area contributed by atoms with Crippen LogP contribution in [0.2, 0.25) is 0 Å². The molecule has 26 heavy (non-hydrogen) atoms. The number of hydrogen-bond acceptors (Lipinski definition) is 5. The lowest BCUT2D eigenvalue weighted by Gasteiger charge is -2.23. The fraction of sp³-hybridized carbons (Fsp3) is 0.588. The Hall–Kier alpha value is -1.19. The molecule has 1 heterocycles. The largest absolute Gasteiger partial charge is 0.383 e. The van der Waals surface area contributed by atoms with E-state index < -0.39 is 10.0 Å². The molecular weight excluding hydrogens is 378 g/mol. The number of nitrogens with one attached hydrogen (secondary N) is 3. The second kappa shape index (κ2) is 10.8. The zero-order valence-electron chi connectivity index (χ0n) is 15.2. The Kier molecular flexibility index (Phi) is 9.52. The van der Waals surface area contributed by atoms with Gasteiger partial charge >= 0.3 is 0 Å². The van der Waals surface area contributed by atoms with Crippen molar-refractivity contribution in [2.24, 2.45) is 5.92 Å². The number of ether oxygens (including phenoxy) is 1. The van der Waals surface area contributed by atoms with Crippen LogP contribution in [0.4, 0.5) is 0 Å². The number of amides is 1. The minimum Gasteiger partial charge on any atom is -0.383 e. The Bertz CT molecular complexity index is 691. The molecule has 0 aliphatic carbocycles. The molecule has 1 aromatic rings. The number of rotatable bonds is 8. The van der Waals surface area contributed by atoms with Gasteiger partial charge in [0.2, 0.25) is 10.0 Å². The molecule has 1 aliphatic rings. The van der Waals surface area contributed by atoms with Crippen molar-refractivity contribution in [2.75, 3.05) is 39.9 Å². The molecule has 1 atom stereocenters. The van der Waals surface area contributed by atoms with Gasteiger partial charge in [-0.05, 0) is 56.5 Å². The van der Waals surface area contributed by atoms with Gasteiger partial charge in [-0.25, -0.2) is 13.1 Å². The van der Waals surface area contributed by atoms with Gasteiger partial charge in [0.25, 0.3) is 5.91 Å².